The molecule has 6 nitrogen and oxygen atoms in total. The predicted molar refractivity (Wildman–Crippen MR) is 120 cm³/mol. The number of pyridine rings is 1. The van der Waals surface area contributed by atoms with Crippen LogP contribution in [0, 0.1) is 23.6 Å². The number of ether oxygens (including phenoxy) is 1. The molecule has 35 heavy (non-hydrogen) atoms. The molecule has 1 aromatic heterocycles. The molecule has 2 unspecified atom stereocenters. The summed E-state index contributed by atoms with van der Waals surface area (Å²) in [6, 6.07) is 3.32. The van der Waals surface area contributed by atoms with Gasteiger partial charge in [0.05, 0.1) is 24.2 Å². The number of rotatable bonds is 5. The van der Waals surface area contributed by atoms with Gasteiger partial charge < -0.3 is 15.4 Å². The van der Waals surface area contributed by atoms with Crippen molar-refractivity contribution in [3.63, 3.8) is 0 Å². The Balaban J connectivity index is 1.64. The second-order valence-corrected chi connectivity index (χ2v) is 9.03. The molecule has 4 atom stereocenters. The number of amides is 2. The van der Waals surface area contributed by atoms with Crippen LogP contribution >= 0.6 is 0 Å². The first kappa shape index (κ1) is 24.7. The number of aromatic nitrogens is 1. The highest BCUT2D eigenvalue weighted by Crippen LogP contribution is 2.54. The molecule has 2 aliphatic rings. The van der Waals surface area contributed by atoms with Crippen LogP contribution in [0.4, 0.5) is 23.2 Å². The van der Waals surface area contributed by atoms with Gasteiger partial charge in [-0.25, -0.2) is 4.39 Å². The van der Waals surface area contributed by atoms with E-state index < -0.39 is 41.3 Å². The van der Waals surface area contributed by atoms with Gasteiger partial charge in [-0.05, 0) is 56.9 Å². The molecule has 2 aromatic rings. The van der Waals surface area contributed by atoms with Crippen molar-refractivity contribution in [2.45, 2.75) is 38.9 Å². The third-order valence-electron chi connectivity index (χ3n) is 6.80. The molecule has 10 heteroatoms. The van der Waals surface area contributed by atoms with Gasteiger partial charge in [0, 0.05) is 30.0 Å². The summed E-state index contributed by atoms with van der Waals surface area (Å²) in [4.78, 5) is 30.5. The Kier molecular flexibility index (Phi) is 6.57. The van der Waals surface area contributed by atoms with Crippen molar-refractivity contribution in [1.29, 1.82) is 0 Å². The van der Waals surface area contributed by atoms with Crippen molar-refractivity contribution in [2.75, 3.05) is 12.4 Å². The smallest absolute Gasteiger partial charge is 0.419 e. The van der Waals surface area contributed by atoms with E-state index in [-0.39, 0.29) is 23.1 Å². The normalized spacial score (nSPS) is 23.2. The van der Waals surface area contributed by atoms with E-state index in [9.17, 15) is 27.2 Å². The van der Waals surface area contributed by atoms with Crippen LogP contribution in [-0.4, -0.2) is 29.9 Å². The van der Waals surface area contributed by atoms with Gasteiger partial charge >= 0.3 is 6.18 Å². The summed E-state index contributed by atoms with van der Waals surface area (Å²) in [5.41, 5.74) is 0.728. The Morgan fingerprint density at radius 2 is 1.83 bits per heavy atom. The molecule has 2 N–H and O–H groups in total. The number of nitrogens with one attached hydrogen (secondary N) is 2. The van der Waals surface area contributed by atoms with Crippen LogP contribution in [0.2, 0.25) is 0 Å². The molecule has 4 rings (SSSR count). The van der Waals surface area contributed by atoms with E-state index in [0.29, 0.717) is 17.9 Å². The van der Waals surface area contributed by atoms with Crippen LogP contribution in [0.1, 0.15) is 42.6 Å². The van der Waals surface area contributed by atoms with Crippen LogP contribution in [0.3, 0.4) is 0 Å². The largest absolute Gasteiger partial charge is 0.496 e. The molecule has 0 aliphatic heterocycles. The molecule has 1 aromatic carbocycles. The van der Waals surface area contributed by atoms with Gasteiger partial charge in [0.15, 0.2) is 0 Å². The first-order valence-corrected chi connectivity index (χ1v) is 11.2. The minimum atomic E-state index is -4.90. The number of fused-ring (bicyclic) bond motifs is 2. The molecule has 0 spiro atoms. The third-order valence-corrected chi connectivity index (χ3v) is 6.80. The van der Waals surface area contributed by atoms with Crippen molar-refractivity contribution in [3.05, 3.63) is 64.7 Å². The molecular weight excluding hydrogens is 466 g/mol. The number of hydrogen-bond donors (Lipinski definition) is 2. The Morgan fingerprint density at radius 1 is 1.11 bits per heavy atom. The monoisotopic (exact) mass is 491 g/mol. The minimum Gasteiger partial charge on any atom is -0.496 e. The van der Waals surface area contributed by atoms with E-state index in [1.54, 1.807) is 6.07 Å². The fourth-order valence-electron chi connectivity index (χ4n) is 5.47. The number of halogens is 4. The molecular formula is C25H25F4N3O3. The molecule has 2 aliphatic carbocycles. The van der Waals surface area contributed by atoms with Crippen molar-refractivity contribution in [2.24, 2.45) is 17.8 Å². The van der Waals surface area contributed by atoms with Crippen molar-refractivity contribution in [1.82, 2.24) is 10.3 Å². The Hall–Kier alpha value is -3.43. The molecule has 186 valence electrons. The molecule has 0 radical (unpaired) electrons. The first-order chi connectivity index (χ1) is 16.5. The summed E-state index contributed by atoms with van der Waals surface area (Å²) in [6.07, 6.45) is -0.536. The van der Waals surface area contributed by atoms with Gasteiger partial charge in [0.2, 0.25) is 5.91 Å². The number of carbonyl (C=O) groups excluding carboxylic acids is 2. The summed E-state index contributed by atoms with van der Waals surface area (Å²) in [5, 5.41) is 5.47. The van der Waals surface area contributed by atoms with Gasteiger partial charge in [-0.2, -0.15) is 13.2 Å². The second kappa shape index (κ2) is 9.31. The average molecular weight is 491 g/mol. The maximum atomic E-state index is 13.7. The molecule has 0 saturated heterocycles. The minimum absolute atomic E-state index is 0.0775. The Morgan fingerprint density at radius 3 is 2.49 bits per heavy atom. The van der Waals surface area contributed by atoms with Crippen LogP contribution in [-0.2, 0) is 11.0 Å². The van der Waals surface area contributed by atoms with E-state index >= 15 is 0 Å². The molecule has 2 bridgehead atoms. The predicted octanol–water partition coefficient (Wildman–Crippen LogP) is 4.98. The maximum Gasteiger partial charge on any atom is 0.419 e. The lowest BCUT2D eigenvalue weighted by molar-refractivity contribution is -0.140. The highest BCUT2D eigenvalue weighted by Gasteiger charge is 2.55. The van der Waals surface area contributed by atoms with Crippen LogP contribution in [0.5, 0.6) is 5.75 Å². The molecule has 2 amide bonds. The molecule has 2 saturated carbocycles. The van der Waals surface area contributed by atoms with E-state index in [2.05, 4.69) is 15.6 Å². The summed E-state index contributed by atoms with van der Waals surface area (Å²) in [6.45, 7) is 3.89. The highest BCUT2D eigenvalue weighted by atomic mass is 19.4. The lowest BCUT2D eigenvalue weighted by Crippen LogP contribution is -2.48. The fourth-order valence-corrected chi connectivity index (χ4v) is 5.47. The van der Waals surface area contributed by atoms with E-state index in [1.807, 2.05) is 13.8 Å². The number of carbonyl (C=O) groups is 2. The number of anilines is 1. The number of alkyl halides is 3. The summed E-state index contributed by atoms with van der Waals surface area (Å²) >= 11 is 0. The van der Waals surface area contributed by atoms with Gasteiger partial charge in [0.1, 0.15) is 11.6 Å². The Labute approximate surface area is 199 Å². The topological polar surface area (TPSA) is 80.3 Å². The van der Waals surface area contributed by atoms with Gasteiger partial charge in [-0.3, -0.25) is 14.6 Å². The van der Waals surface area contributed by atoms with Crippen LogP contribution < -0.4 is 15.4 Å². The van der Waals surface area contributed by atoms with Gasteiger partial charge in [-0.15, -0.1) is 0 Å². The van der Waals surface area contributed by atoms with E-state index in [4.69, 9.17) is 4.74 Å². The fraction of sp³-hybridized carbons (Fsp3) is 0.400. The number of methoxy groups -OCH3 is 1. The molecule has 2 fully saturated rings. The van der Waals surface area contributed by atoms with E-state index in [1.165, 1.54) is 19.5 Å². The zero-order chi connectivity index (χ0) is 25.5. The van der Waals surface area contributed by atoms with Gasteiger partial charge in [-0.1, -0.05) is 11.1 Å². The number of allylic oxidation sites excluding steroid dienone is 1. The SMILES string of the molecule is COc1ccncc1C(=O)N[C@@H]1C2CCC(C2=C(C)C)[C@@H]1C(=O)Nc1ccc(F)c(C(F)(F)F)c1. The number of benzene rings is 1. The highest BCUT2D eigenvalue weighted by molar-refractivity contribution is 5.98. The third kappa shape index (κ3) is 4.61. The van der Waals surface area contributed by atoms with Crippen molar-refractivity contribution >= 4 is 17.5 Å². The lowest BCUT2D eigenvalue weighted by Gasteiger charge is -2.30. The van der Waals surface area contributed by atoms with Gasteiger partial charge in [0.25, 0.3) is 5.91 Å². The standard InChI is InChI=1S/C25H25F4N3O3/c1-12(2)20-14-5-6-15(20)22(32-23(33)16-11-30-9-8-19(16)35-3)21(14)24(34)31-13-4-7-18(26)17(10-13)25(27,28)29/h4,7-11,14-15,21-22H,5-6H2,1-3H3,(H,31,34)(H,32,33)/t14?,15?,21-,22+/m0/s1. The van der Waals surface area contributed by atoms with Crippen LogP contribution in [0.25, 0.3) is 0 Å². The summed E-state index contributed by atoms with van der Waals surface area (Å²) in [5.74, 6) is -3.02. The Bertz CT molecular complexity index is 1190. The van der Waals surface area contributed by atoms with Crippen molar-refractivity contribution < 1.29 is 31.9 Å². The quantitative estimate of drug-likeness (QED) is 0.457. The second-order valence-electron chi connectivity index (χ2n) is 9.03. The average Bonchev–Trinajstić information content (AvgIpc) is 3.36. The number of hydrogen-bond acceptors (Lipinski definition) is 4. The van der Waals surface area contributed by atoms with E-state index in [0.717, 1.165) is 30.1 Å². The zero-order valence-electron chi connectivity index (χ0n) is 19.4. The number of nitrogens with zero attached hydrogens (tertiary/aromatic N) is 1. The lowest BCUT2D eigenvalue weighted by atomic mass is 9.83. The van der Waals surface area contributed by atoms with Crippen LogP contribution in [0.15, 0.2) is 47.8 Å². The zero-order valence-corrected chi connectivity index (χ0v) is 19.4. The first-order valence-electron chi connectivity index (χ1n) is 11.2. The maximum absolute atomic E-state index is 13.7. The summed E-state index contributed by atoms with van der Waals surface area (Å²) in [7, 11) is 1.43. The molecule has 1 heterocycles. The summed E-state index contributed by atoms with van der Waals surface area (Å²) < 4.78 is 58.3. The van der Waals surface area contributed by atoms with Crippen molar-refractivity contribution in [3.8, 4) is 5.75 Å².